The molecule has 122 valence electrons. The standard InChI is InChI=1S/C13H24N2O5S/c1-8(2)6-11(15-21(3,19)20)12(16)14-10-5-4-9(7-10)13(17)18/h8-11,15H,4-7H2,1-3H3,(H,14,16)(H,17,18)/t9-,10+,11?/m1/s1. The molecule has 3 atom stereocenters. The maximum Gasteiger partial charge on any atom is 0.306 e. The first-order valence-corrected chi connectivity index (χ1v) is 8.98. The van der Waals surface area contributed by atoms with E-state index >= 15 is 0 Å². The molecule has 1 amide bonds. The largest absolute Gasteiger partial charge is 0.481 e. The van der Waals surface area contributed by atoms with Crippen LogP contribution in [0.2, 0.25) is 0 Å². The Labute approximate surface area is 125 Å². The van der Waals surface area contributed by atoms with Crippen molar-refractivity contribution >= 4 is 21.9 Å². The topological polar surface area (TPSA) is 113 Å². The van der Waals surface area contributed by atoms with Gasteiger partial charge in [0.1, 0.15) is 6.04 Å². The van der Waals surface area contributed by atoms with E-state index in [1.165, 1.54) is 0 Å². The van der Waals surface area contributed by atoms with E-state index in [1.807, 2.05) is 13.8 Å². The summed E-state index contributed by atoms with van der Waals surface area (Å²) in [5, 5.41) is 11.7. The van der Waals surface area contributed by atoms with Gasteiger partial charge >= 0.3 is 5.97 Å². The van der Waals surface area contributed by atoms with Gasteiger partial charge in [-0.25, -0.2) is 13.1 Å². The lowest BCUT2D eigenvalue weighted by Crippen LogP contribution is -2.49. The van der Waals surface area contributed by atoms with Crippen LogP contribution >= 0.6 is 0 Å². The van der Waals surface area contributed by atoms with Gasteiger partial charge in [-0.2, -0.15) is 0 Å². The van der Waals surface area contributed by atoms with Crippen LogP contribution in [0.4, 0.5) is 0 Å². The first kappa shape index (κ1) is 17.9. The lowest BCUT2D eigenvalue weighted by molar-refractivity contribution is -0.141. The molecule has 1 aliphatic carbocycles. The molecule has 1 unspecified atom stereocenters. The lowest BCUT2D eigenvalue weighted by atomic mass is 10.0. The summed E-state index contributed by atoms with van der Waals surface area (Å²) < 4.78 is 25.0. The van der Waals surface area contributed by atoms with Crippen LogP contribution in [0.15, 0.2) is 0 Å². The SMILES string of the molecule is CC(C)CC(NS(C)(=O)=O)C(=O)N[C@H]1CC[C@@H](C(=O)O)C1. The molecule has 0 bridgehead atoms. The third-order valence-electron chi connectivity index (χ3n) is 3.51. The molecular formula is C13H24N2O5S. The van der Waals surface area contributed by atoms with Crippen LogP contribution < -0.4 is 10.0 Å². The van der Waals surface area contributed by atoms with Gasteiger partial charge in [-0.3, -0.25) is 9.59 Å². The lowest BCUT2D eigenvalue weighted by Gasteiger charge is -2.21. The van der Waals surface area contributed by atoms with Crippen molar-refractivity contribution in [2.24, 2.45) is 11.8 Å². The molecule has 0 aliphatic heterocycles. The second-order valence-corrected chi connectivity index (χ2v) is 7.91. The summed E-state index contributed by atoms with van der Waals surface area (Å²) in [6.07, 6.45) is 2.95. The maximum absolute atomic E-state index is 12.2. The van der Waals surface area contributed by atoms with E-state index in [4.69, 9.17) is 5.11 Å². The van der Waals surface area contributed by atoms with E-state index < -0.39 is 28.0 Å². The Balaban J connectivity index is 2.62. The highest BCUT2D eigenvalue weighted by atomic mass is 32.2. The molecule has 8 heteroatoms. The number of hydrogen-bond donors (Lipinski definition) is 3. The fourth-order valence-corrected chi connectivity index (χ4v) is 3.30. The van der Waals surface area contributed by atoms with E-state index in [0.29, 0.717) is 25.7 Å². The monoisotopic (exact) mass is 320 g/mol. The zero-order valence-electron chi connectivity index (χ0n) is 12.6. The summed E-state index contributed by atoms with van der Waals surface area (Å²) in [7, 11) is -3.48. The highest BCUT2D eigenvalue weighted by Crippen LogP contribution is 2.25. The Morgan fingerprint density at radius 2 is 1.90 bits per heavy atom. The van der Waals surface area contributed by atoms with Gasteiger partial charge < -0.3 is 10.4 Å². The number of aliphatic carboxylic acids is 1. The van der Waals surface area contributed by atoms with E-state index in [0.717, 1.165) is 6.26 Å². The van der Waals surface area contributed by atoms with Gasteiger partial charge in [-0.15, -0.1) is 0 Å². The van der Waals surface area contributed by atoms with Gasteiger partial charge in [0.05, 0.1) is 12.2 Å². The van der Waals surface area contributed by atoms with Crippen molar-refractivity contribution in [3.63, 3.8) is 0 Å². The van der Waals surface area contributed by atoms with Crippen LogP contribution in [0.5, 0.6) is 0 Å². The molecule has 0 heterocycles. The Hall–Kier alpha value is -1.15. The van der Waals surface area contributed by atoms with Crippen LogP contribution in [0.25, 0.3) is 0 Å². The molecule has 1 rings (SSSR count). The first-order valence-electron chi connectivity index (χ1n) is 7.09. The van der Waals surface area contributed by atoms with E-state index in [2.05, 4.69) is 10.0 Å². The minimum Gasteiger partial charge on any atom is -0.481 e. The molecule has 21 heavy (non-hydrogen) atoms. The smallest absolute Gasteiger partial charge is 0.306 e. The number of carboxylic acids is 1. The van der Waals surface area contributed by atoms with Crippen LogP contribution in [-0.4, -0.2) is 43.7 Å². The normalized spacial score (nSPS) is 24.0. The molecule has 0 saturated heterocycles. The van der Waals surface area contributed by atoms with Crippen molar-refractivity contribution in [3.8, 4) is 0 Å². The highest BCUT2D eigenvalue weighted by molar-refractivity contribution is 7.88. The Kier molecular flexibility index (Phi) is 6.15. The van der Waals surface area contributed by atoms with E-state index in [9.17, 15) is 18.0 Å². The van der Waals surface area contributed by atoms with Gasteiger partial charge in [0.25, 0.3) is 0 Å². The molecule has 1 aliphatic rings. The summed E-state index contributed by atoms with van der Waals surface area (Å²) in [4.78, 5) is 23.1. The number of carboxylic acid groups (broad SMARTS) is 1. The number of nitrogens with one attached hydrogen (secondary N) is 2. The van der Waals surface area contributed by atoms with Gasteiger partial charge in [0.15, 0.2) is 0 Å². The van der Waals surface area contributed by atoms with Gasteiger partial charge in [0, 0.05) is 6.04 Å². The van der Waals surface area contributed by atoms with Gasteiger partial charge in [0.2, 0.25) is 15.9 Å². The van der Waals surface area contributed by atoms with Crippen molar-refractivity contribution in [1.29, 1.82) is 0 Å². The third-order valence-corrected chi connectivity index (χ3v) is 4.22. The Morgan fingerprint density at radius 1 is 1.29 bits per heavy atom. The highest BCUT2D eigenvalue weighted by Gasteiger charge is 2.32. The summed E-state index contributed by atoms with van der Waals surface area (Å²) in [5.74, 6) is -1.50. The average molecular weight is 320 g/mol. The zero-order chi connectivity index (χ0) is 16.2. The molecule has 3 N–H and O–H groups in total. The summed E-state index contributed by atoms with van der Waals surface area (Å²) >= 11 is 0. The molecule has 1 saturated carbocycles. The average Bonchev–Trinajstić information content (AvgIpc) is 2.74. The first-order chi connectivity index (χ1) is 9.58. The zero-order valence-corrected chi connectivity index (χ0v) is 13.4. The second-order valence-electron chi connectivity index (χ2n) is 6.13. The molecule has 0 radical (unpaired) electrons. The Bertz CT molecular complexity index is 489. The fourth-order valence-electron chi connectivity index (χ4n) is 2.58. The second kappa shape index (κ2) is 7.22. The summed E-state index contributed by atoms with van der Waals surface area (Å²) in [6.45, 7) is 3.81. The van der Waals surface area contributed by atoms with Crippen molar-refractivity contribution in [1.82, 2.24) is 10.0 Å². The minimum atomic E-state index is -3.48. The predicted octanol–water partition coefficient (Wildman–Crippen LogP) is 0.320. The molecule has 7 nitrogen and oxygen atoms in total. The fraction of sp³-hybridized carbons (Fsp3) is 0.846. The minimum absolute atomic E-state index is 0.158. The number of amides is 1. The molecule has 0 aromatic rings. The number of carbonyl (C=O) groups excluding carboxylic acids is 1. The number of sulfonamides is 1. The van der Waals surface area contributed by atoms with E-state index in [-0.39, 0.29) is 17.9 Å². The van der Waals surface area contributed by atoms with Crippen LogP contribution in [0.3, 0.4) is 0 Å². The summed E-state index contributed by atoms with van der Waals surface area (Å²) in [6, 6.07) is -1.02. The molecular weight excluding hydrogens is 296 g/mol. The van der Waals surface area contributed by atoms with Crippen molar-refractivity contribution < 1.29 is 23.1 Å². The quantitative estimate of drug-likeness (QED) is 0.625. The third kappa shape index (κ3) is 6.43. The van der Waals surface area contributed by atoms with Crippen molar-refractivity contribution in [2.45, 2.75) is 51.6 Å². The van der Waals surface area contributed by atoms with E-state index in [1.54, 1.807) is 0 Å². The molecule has 0 aromatic heterocycles. The van der Waals surface area contributed by atoms with Crippen LogP contribution in [0.1, 0.15) is 39.5 Å². The van der Waals surface area contributed by atoms with Crippen molar-refractivity contribution in [2.75, 3.05) is 6.26 Å². The predicted molar refractivity (Wildman–Crippen MR) is 78.1 cm³/mol. The van der Waals surface area contributed by atoms with Crippen LogP contribution in [0, 0.1) is 11.8 Å². The van der Waals surface area contributed by atoms with Gasteiger partial charge in [-0.05, 0) is 31.6 Å². The number of rotatable bonds is 7. The Morgan fingerprint density at radius 3 is 2.33 bits per heavy atom. The molecule has 0 spiro atoms. The van der Waals surface area contributed by atoms with Crippen molar-refractivity contribution in [3.05, 3.63) is 0 Å². The maximum atomic E-state index is 12.2. The number of hydrogen-bond acceptors (Lipinski definition) is 4. The number of carbonyl (C=O) groups is 2. The van der Waals surface area contributed by atoms with Gasteiger partial charge in [-0.1, -0.05) is 13.8 Å². The summed E-state index contributed by atoms with van der Waals surface area (Å²) in [5.41, 5.74) is 0. The molecule has 1 fully saturated rings. The molecule has 0 aromatic carbocycles. The van der Waals surface area contributed by atoms with Crippen LogP contribution in [-0.2, 0) is 19.6 Å².